The highest BCUT2D eigenvalue weighted by atomic mass is 14.6. The molecule has 2 N–H and O–H groups in total. The van der Waals surface area contributed by atoms with Crippen LogP contribution in [0.15, 0.2) is 158 Å². The molecule has 1 atom stereocenters. The van der Waals surface area contributed by atoms with Crippen molar-refractivity contribution in [2.45, 2.75) is 12.3 Å². The number of hydrogen-bond donors (Lipinski definition) is 1. The van der Waals surface area contributed by atoms with Crippen LogP contribution in [0.2, 0.25) is 0 Å². The van der Waals surface area contributed by atoms with Gasteiger partial charge in [-0.15, -0.1) is 0 Å². The Morgan fingerprint density at radius 1 is 0.513 bits per heavy atom. The normalized spacial score (nSPS) is 12.4. The number of hydrogen-bond acceptors (Lipinski definition) is 1. The molecule has 0 aromatic heterocycles. The van der Waals surface area contributed by atoms with Crippen molar-refractivity contribution in [1.29, 1.82) is 0 Å². The summed E-state index contributed by atoms with van der Waals surface area (Å²) in [7, 11) is 0. The zero-order valence-corrected chi connectivity index (χ0v) is 21.9. The van der Waals surface area contributed by atoms with Crippen molar-refractivity contribution < 1.29 is 0 Å². The minimum Gasteiger partial charge on any atom is -0.398 e. The van der Waals surface area contributed by atoms with E-state index in [-0.39, 0.29) is 5.92 Å². The van der Waals surface area contributed by atoms with Crippen molar-refractivity contribution >= 4 is 16.5 Å². The third kappa shape index (κ3) is 5.68. The van der Waals surface area contributed by atoms with E-state index in [1.807, 2.05) is 18.2 Å². The van der Waals surface area contributed by atoms with Crippen molar-refractivity contribution in [3.8, 4) is 11.1 Å². The molecule has 0 amide bonds. The van der Waals surface area contributed by atoms with Crippen molar-refractivity contribution in [2.75, 3.05) is 0 Å². The quantitative estimate of drug-likeness (QED) is 0.232. The molecule has 0 aliphatic carbocycles. The van der Waals surface area contributed by atoms with Crippen LogP contribution < -0.4 is 5.73 Å². The largest absolute Gasteiger partial charge is 0.398 e. The summed E-state index contributed by atoms with van der Waals surface area (Å²) in [5.41, 5.74) is 16.0. The van der Waals surface area contributed by atoms with Crippen LogP contribution in [0.1, 0.15) is 33.7 Å². The number of nitrogens with two attached hydrogens (primary N) is 1. The van der Waals surface area contributed by atoms with Crippen LogP contribution in [0.25, 0.3) is 27.6 Å². The minimum atomic E-state index is 0.0525. The van der Waals surface area contributed by atoms with E-state index < -0.39 is 0 Å². The molecule has 0 bridgehead atoms. The molecule has 0 spiro atoms. The van der Waals surface area contributed by atoms with Gasteiger partial charge >= 0.3 is 0 Å². The molecule has 6 aromatic rings. The lowest BCUT2D eigenvalue weighted by molar-refractivity contribution is 1.03. The second-order valence-electron chi connectivity index (χ2n) is 10.1. The summed E-state index contributed by atoms with van der Waals surface area (Å²) in [6, 6.07) is 53.9. The average Bonchev–Trinajstić information content (AvgIpc) is 3.01. The Balaban J connectivity index is 1.34. The van der Waals surface area contributed by atoms with Gasteiger partial charge in [-0.25, -0.2) is 0 Å². The number of allylic oxidation sites excluding steroid dienone is 1. The fourth-order valence-electron chi connectivity index (χ4n) is 5.24. The second kappa shape index (κ2) is 11.2. The van der Waals surface area contributed by atoms with E-state index in [0.29, 0.717) is 0 Å². The van der Waals surface area contributed by atoms with Gasteiger partial charge in [0.1, 0.15) is 0 Å². The molecule has 0 radical (unpaired) electrons. The summed E-state index contributed by atoms with van der Waals surface area (Å²) in [6.45, 7) is 0. The van der Waals surface area contributed by atoms with Gasteiger partial charge in [-0.3, -0.25) is 0 Å². The average molecular weight is 502 g/mol. The summed E-state index contributed by atoms with van der Waals surface area (Å²) in [5, 5.41) is 2.46. The molecule has 39 heavy (non-hydrogen) atoms. The van der Waals surface area contributed by atoms with Crippen LogP contribution in [0.3, 0.4) is 0 Å². The highest BCUT2D eigenvalue weighted by molar-refractivity contribution is 5.88. The topological polar surface area (TPSA) is 26.0 Å². The zero-order valence-electron chi connectivity index (χ0n) is 21.9. The van der Waals surface area contributed by atoms with E-state index in [1.54, 1.807) is 0 Å². The summed E-state index contributed by atoms with van der Waals surface area (Å²) in [5.74, 6) is 0.0525. The molecule has 1 heteroatoms. The summed E-state index contributed by atoms with van der Waals surface area (Å²) >= 11 is 0. The molecule has 188 valence electrons. The van der Waals surface area contributed by atoms with Crippen LogP contribution >= 0.6 is 0 Å². The summed E-state index contributed by atoms with van der Waals surface area (Å²) in [6.07, 6.45) is 3.13. The fourth-order valence-corrected chi connectivity index (χ4v) is 5.24. The molecular formula is C38H31N. The molecule has 0 aliphatic heterocycles. The molecule has 1 nitrogen and oxygen atoms in total. The van der Waals surface area contributed by atoms with Gasteiger partial charge in [0.25, 0.3) is 0 Å². The molecule has 0 heterocycles. The smallest absolute Gasteiger partial charge is 0.0356 e. The lowest BCUT2D eigenvalue weighted by Gasteiger charge is -2.17. The summed E-state index contributed by atoms with van der Waals surface area (Å²) in [4.78, 5) is 0. The van der Waals surface area contributed by atoms with E-state index in [4.69, 9.17) is 5.73 Å². The third-order valence-electron chi connectivity index (χ3n) is 7.37. The van der Waals surface area contributed by atoms with E-state index in [1.165, 1.54) is 44.2 Å². The van der Waals surface area contributed by atoms with Crippen molar-refractivity contribution in [3.05, 3.63) is 186 Å². The second-order valence-corrected chi connectivity index (χ2v) is 10.1. The molecule has 1 unspecified atom stereocenters. The highest BCUT2D eigenvalue weighted by Gasteiger charge is 2.14. The lowest BCUT2D eigenvalue weighted by Crippen LogP contribution is -2.03. The van der Waals surface area contributed by atoms with Gasteiger partial charge in [0.05, 0.1) is 0 Å². The highest BCUT2D eigenvalue weighted by Crippen LogP contribution is 2.32. The molecule has 6 aromatic carbocycles. The third-order valence-corrected chi connectivity index (χ3v) is 7.37. The lowest BCUT2D eigenvalue weighted by atomic mass is 9.88. The molecule has 0 saturated carbocycles. The molecular weight excluding hydrogens is 470 g/mol. The molecule has 0 fully saturated rings. The standard InChI is InChI=1S/C38H31N/c39-38(33-14-8-3-9-15-33)27-37(32-12-6-2-7-13-32)35-23-21-31-20-22-34(25-36(31)26-35)30-18-16-29(17-19-30)24-28-10-4-1-5-11-28/h1-23,25-27,37H,24,39H2/b38-27-. The van der Waals surface area contributed by atoms with E-state index >= 15 is 0 Å². The van der Waals surface area contributed by atoms with Crippen LogP contribution in [0, 0.1) is 0 Å². The zero-order chi connectivity index (χ0) is 26.4. The first kappa shape index (κ1) is 24.5. The maximum atomic E-state index is 6.61. The van der Waals surface area contributed by atoms with Crippen LogP contribution in [0.5, 0.6) is 0 Å². The van der Waals surface area contributed by atoms with Crippen LogP contribution in [-0.4, -0.2) is 0 Å². The first-order valence-electron chi connectivity index (χ1n) is 13.5. The maximum Gasteiger partial charge on any atom is 0.0356 e. The SMILES string of the molecule is N/C(=C\C(c1ccccc1)c1ccc2ccc(-c3ccc(Cc4ccccc4)cc3)cc2c1)c1ccccc1. The van der Waals surface area contributed by atoms with Crippen LogP contribution in [-0.2, 0) is 6.42 Å². The number of benzene rings is 6. The molecule has 0 aliphatic rings. The Labute approximate surface area is 230 Å². The van der Waals surface area contributed by atoms with Gasteiger partial charge in [0, 0.05) is 11.6 Å². The van der Waals surface area contributed by atoms with E-state index in [9.17, 15) is 0 Å². The predicted molar refractivity (Wildman–Crippen MR) is 166 cm³/mol. The number of rotatable bonds is 7. The first-order chi connectivity index (χ1) is 19.2. The van der Waals surface area contributed by atoms with Gasteiger partial charge < -0.3 is 5.73 Å². The Hall–Kier alpha value is -4.88. The Kier molecular flexibility index (Phi) is 7.05. The minimum absolute atomic E-state index is 0.0525. The van der Waals surface area contributed by atoms with Crippen molar-refractivity contribution in [1.82, 2.24) is 0 Å². The van der Waals surface area contributed by atoms with Gasteiger partial charge in [-0.2, -0.15) is 0 Å². The Morgan fingerprint density at radius 2 is 1.10 bits per heavy atom. The van der Waals surface area contributed by atoms with Gasteiger partial charge in [0.15, 0.2) is 0 Å². The number of fused-ring (bicyclic) bond motifs is 1. The monoisotopic (exact) mass is 501 g/mol. The van der Waals surface area contributed by atoms with Gasteiger partial charge in [-0.1, -0.05) is 146 Å². The fraction of sp³-hybridized carbons (Fsp3) is 0.0526. The van der Waals surface area contributed by atoms with E-state index in [2.05, 4.69) is 140 Å². The maximum absolute atomic E-state index is 6.61. The predicted octanol–water partition coefficient (Wildman–Crippen LogP) is 9.23. The van der Waals surface area contributed by atoms with Gasteiger partial charge in [-0.05, 0) is 68.3 Å². The summed E-state index contributed by atoms with van der Waals surface area (Å²) < 4.78 is 0. The van der Waals surface area contributed by atoms with Crippen LogP contribution in [0.4, 0.5) is 0 Å². The van der Waals surface area contributed by atoms with Crippen molar-refractivity contribution in [3.63, 3.8) is 0 Å². The Morgan fingerprint density at radius 3 is 1.82 bits per heavy atom. The van der Waals surface area contributed by atoms with Crippen molar-refractivity contribution in [2.24, 2.45) is 5.73 Å². The van der Waals surface area contributed by atoms with E-state index in [0.717, 1.165) is 17.7 Å². The van der Waals surface area contributed by atoms with Gasteiger partial charge in [0.2, 0.25) is 0 Å². The molecule has 0 saturated heterocycles. The molecule has 6 rings (SSSR count). The first-order valence-corrected chi connectivity index (χ1v) is 13.5. The Bertz CT molecular complexity index is 1700.